The first-order valence-corrected chi connectivity index (χ1v) is 7.63. The lowest BCUT2D eigenvalue weighted by Crippen LogP contribution is -2.15. The number of hydrogen-bond acceptors (Lipinski definition) is 7. The van der Waals surface area contributed by atoms with Crippen molar-refractivity contribution in [2.45, 2.75) is 0 Å². The summed E-state index contributed by atoms with van der Waals surface area (Å²) in [5, 5.41) is 25.3. The second-order valence-electron chi connectivity index (χ2n) is 5.14. The van der Waals surface area contributed by atoms with Crippen molar-refractivity contribution < 1.29 is 19.2 Å². The number of anilines is 2. The maximum atomic E-state index is 12.4. The van der Waals surface area contributed by atoms with Crippen LogP contribution in [0.3, 0.4) is 0 Å². The van der Waals surface area contributed by atoms with Gasteiger partial charge >= 0.3 is 0 Å². The molecule has 0 unspecified atom stereocenters. The summed E-state index contributed by atoms with van der Waals surface area (Å²) in [6, 6.07) is 12.3. The SMILES string of the molecule is COc1ccc(OC)c(NC(=O)/C(C#N)=C\Nc2cccc([N+](=O)[O-])c2)c1. The van der Waals surface area contributed by atoms with E-state index in [1.807, 2.05) is 0 Å². The van der Waals surface area contributed by atoms with Gasteiger partial charge in [-0.3, -0.25) is 14.9 Å². The van der Waals surface area contributed by atoms with E-state index in [0.717, 1.165) is 0 Å². The number of rotatable bonds is 7. The second-order valence-corrected chi connectivity index (χ2v) is 5.14. The van der Waals surface area contributed by atoms with Crippen LogP contribution in [0.15, 0.2) is 54.2 Å². The molecule has 0 saturated carbocycles. The van der Waals surface area contributed by atoms with E-state index in [1.165, 1.54) is 38.6 Å². The zero-order valence-corrected chi connectivity index (χ0v) is 14.6. The van der Waals surface area contributed by atoms with Gasteiger partial charge in [-0.2, -0.15) is 5.26 Å². The molecule has 0 fully saturated rings. The first-order chi connectivity index (χ1) is 13.0. The Hall–Kier alpha value is -4.06. The average Bonchev–Trinajstić information content (AvgIpc) is 2.68. The predicted octanol–water partition coefficient (Wildman–Crippen LogP) is 3.07. The number of nitro groups is 1. The highest BCUT2D eigenvalue weighted by molar-refractivity contribution is 6.07. The van der Waals surface area contributed by atoms with Crippen LogP contribution < -0.4 is 20.1 Å². The molecular formula is C18H16N4O5. The Morgan fingerprint density at radius 3 is 2.63 bits per heavy atom. The van der Waals surface area contributed by atoms with Gasteiger partial charge in [0.2, 0.25) is 0 Å². The number of carbonyl (C=O) groups excluding carboxylic acids is 1. The molecule has 9 heteroatoms. The fourth-order valence-corrected chi connectivity index (χ4v) is 2.11. The molecule has 0 aliphatic rings. The Balaban J connectivity index is 2.19. The van der Waals surface area contributed by atoms with Crippen LogP contribution in [0.2, 0.25) is 0 Å². The lowest BCUT2D eigenvalue weighted by molar-refractivity contribution is -0.384. The van der Waals surface area contributed by atoms with Gasteiger partial charge in [0.05, 0.1) is 24.8 Å². The Morgan fingerprint density at radius 1 is 1.22 bits per heavy atom. The minimum atomic E-state index is -0.679. The lowest BCUT2D eigenvalue weighted by atomic mass is 10.2. The van der Waals surface area contributed by atoms with Crippen molar-refractivity contribution in [3.8, 4) is 17.6 Å². The Bertz CT molecular complexity index is 934. The smallest absolute Gasteiger partial charge is 0.271 e. The summed E-state index contributed by atoms with van der Waals surface area (Å²) in [4.78, 5) is 22.6. The topological polar surface area (TPSA) is 127 Å². The number of methoxy groups -OCH3 is 2. The van der Waals surface area contributed by atoms with Crippen molar-refractivity contribution in [2.75, 3.05) is 24.9 Å². The number of amides is 1. The fraction of sp³-hybridized carbons (Fsp3) is 0.111. The monoisotopic (exact) mass is 368 g/mol. The first kappa shape index (κ1) is 19.3. The third-order valence-electron chi connectivity index (χ3n) is 3.46. The number of benzene rings is 2. The van der Waals surface area contributed by atoms with Crippen LogP contribution in [-0.4, -0.2) is 25.1 Å². The molecule has 138 valence electrons. The average molecular weight is 368 g/mol. The molecule has 0 saturated heterocycles. The molecule has 2 aromatic rings. The largest absolute Gasteiger partial charge is 0.497 e. The number of non-ortho nitro benzene ring substituents is 1. The number of ether oxygens (including phenoxy) is 2. The van der Waals surface area contributed by atoms with Gasteiger partial charge in [-0.05, 0) is 18.2 Å². The van der Waals surface area contributed by atoms with Crippen LogP contribution >= 0.6 is 0 Å². The standard InChI is InChI=1S/C18H16N4O5/c1-26-15-6-7-17(27-2)16(9-15)21-18(23)12(10-19)11-20-13-4-3-5-14(8-13)22(24)25/h3-9,11,20H,1-2H3,(H,21,23)/b12-11-. The Morgan fingerprint density at radius 2 is 2.00 bits per heavy atom. The molecule has 0 aromatic heterocycles. The zero-order valence-electron chi connectivity index (χ0n) is 14.6. The Labute approximate surface area is 155 Å². The van der Waals surface area contributed by atoms with Crippen LogP contribution in [0.4, 0.5) is 17.1 Å². The first-order valence-electron chi connectivity index (χ1n) is 7.63. The van der Waals surface area contributed by atoms with E-state index in [9.17, 15) is 20.2 Å². The van der Waals surface area contributed by atoms with Crippen molar-refractivity contribution in [1.82, 2.24) is 0 Å². The molecule has 0 aliphatic heterocycles. The van der Waals surface area contributed by atoms with Gasteiger partial charge < -0.3 is 20.1 Å². The number of carbonyl (C=O) groups is 1. The van der Waals surface area contributed by atoms with Crippen LogP contribution in [0.1, 0.15) is 0 Å². The van der Waals surface area contributed by atoms with Crippen molar-refractivity contribution in [1.29, 1.82) is 5.26 Å². The van der Waals surface area contributed by atoms with Gasteiger partial charge in [0.15, 0.2) is 0 Å². The van der Waals surface area contributed by atoms with Crippen molar-refractivity contribution in [3.63, 3.8) is 0 Å². The zero-order chi connectivity index (χ0) is 19.8. The van der Waals surface area contributed by atoms with Crippen LogP contribution in [-0.2, 0) is 4.79 Å². The van der Waals surface area contributed by atoms with Gasteiger partial charge in [-0.25, -0.2) is 0 Å². The van der Waals surface area contributed by atoms with Crippen molar-refractivity contribution in [2.24, 2.45) is 0 Å². The molecule has 9 nitrogen and oxygen atoms in total. The molecule has 2 N–H and O–H groups in total. The molecular weight excluding hydrogens is 352 g/mol. The van der Waals surface area contributed by atoms with E-state index in [2.05, 4.69) is 10.6 Å². The van der Waals surface area contributed by atoms with E-state index < -0.39 is 10.8 Å². The molecule has 0 atom stereocenters. The van der Waals surface area contributed by atoms with Crippen molar-refractivity contribution >= 4 is 23.0 Å². The van der Waals surface area contributed by atoms with Crippen molar-refractivity contribution in [3.05, 3.63) is 64.4 Å². The molecule has 0 aliphatic carbocycles. The Kier molecular flexibility index (Phi) is 6.33. The van der Waals surface area contributed by atoms with Crippen LogP contribution in [0, 0.1) is 21.4 Å². The highest BCUT2D eigenvalue weighted by Crippen LogP contribution is 2.29. The lowest BCUT2D eigenvalue weighted by Gasteiger charge is -2.11. The molecule has 27 heavy (non-hydrogen) atoms. The number of hydrogen-bond donors (Lipinski definition) is 2. The number of nitro benzene ring substituents is 1. The number of nitriles is 1. The summed E-state index contributed by atoms with van der Waals surface area (Å²) < 4.78 is 10.3. The fourth-order valence-electron chi connectivity index (χ4n) is 2.11. The van der Waals surface area contributed by atoms with Gasteiger partial charge in [-0.1, -0.05) is 6.07 Å². The minimum absolute atomic E-state index is 0.113. The van der Waals surface area contributed by atoms with Gasteiger partial charge in [0.25, 0.3) is 11.6 Å². The molecule has 0 radical (unpaired) electrons. The van der Waals surface area contributed by atoms with E-state index in [1.54, 1.807) is 30.3 Å². The summed E-state index contributed by atoms with van der Waals surface area (Å²) in [6.07, 6.45) is 1.17. The van der Waals surface area contributed by atoms with E-state index in [0.29, 0.717) is 22.9 Å². The summed E-state index contributed by atoms with van der Waals surface area (Å²) in [6.45, 7) is 0. The predicted molar refractivity (Wildman–Crippen MR) is 98.6 cm³/mol. The maximum absolute atomic E-state index is 12.4. The quantitative estimate of drug-likeness (QED) is 0.333. The molecule has 2 aromatic carbocycles. The summed E-state index contributed by atoms with van der Waals surface area (Å²) in [7, 11) is 2.93. The van der Waals surface area contributed by atoms with E-state index >= 15 is 0 Å². The van der Waals surface area contributed by atoms with Crippen LogP contribution in [0.5, 0.6) is 11.5 Å². The number of nitrogens with zero attached hydrogens (tertiary/aromatic N) is 2. The highest BCUT2D eigenvalue weighted by atomic mass is 16.6. The highest BCUT2D eigenvalue weighted by Gasteiger charge is 2.13. The molecule has 2 rings (SSSR count). The number of nitrogens with one attached hydrogen (secondary N) is 2. The molecule has 0 spiro atoms. The summed E-state index contributed by atoms with van der Waals surface area (Å²) >= 11 is 0. The molecule has 1 amide bonds. The van der Waals surface area contributed by atoms with Gasteiger partial charge in [0.1, 0.15) is 23.1 Å². The maximum Gasteiger partial charge on any atom is 0.271 e. The summed E-state index contributed by atoms with van der Waals surface area (Å²) in [5.41, 5.74) is 0.353. The summed E-state index contributed by atoms with van der Waals surface area (Å²) in [5.74, 6) is 0.221. The van der Waals surface area contributed by atoms with Gasteiger partial charge in [-0.15, -0.1) is 0 Å². The molecule has 0 bridgehead atoms. The third kappa shape index (κ3) is 4.96. The second kappa shape index (κ2) is 8.87. The minimum Gasteiger partial charge on any atom is -0.497 e. The third-order valence-corrected chi connectivity index (χ3v) is 3.46. The van der Waals surface area contributed by atoms with E-state index in [4.69, 9.17) is 9.47 Å². The molecule has 0 heterocycles. The van der Waals surface area contributed by atoms with E-state index in [-0.39, 0.29) is 11.3 Å². The normalized spacial score (nSPS) is 10.5. The van der Waals surface area contributed by atoms with Crippen LogP contribution in [0.25, 0.3) is 0 Å². The van der Waals surface area contributed by atoms with Gasteiger partial charge in [0, 0.05) is 30.1 Å².